The van der Waals surface area contributed by atoms with Gasteiger partial charge in [0.2, 0.25) is 0 Å². The number of aliphatic hydroxyl groups excluding tert-OH is 1. The van der Waals surface area contributed by atoms with Crippen LogP contribution < -0.4 is 0 Å². The van der Waals surface area contributed by atoms with Crippen LogP contribution in [0.1, 0.15) is 31.2 Å². The first-order valence-corrected chi connectivity index (χ1v) is 5.22. The van der Waals surface area contributed by atoms with E-state index < -0.39 is 17.7 Å². The molecule has 0 spiro atoms. The van der Waals surface area contributed by atoms with Crippen molar-refractivity contribution < 1.29 is 13.9 Å². The zero-order chi connectivity index (χ0) is 11.0. The van der Waals surface area contributed by atoms with Crippen LogP contribution in [0.4, 0.5) is 8.78 Å². The summed E-state index contributed by atoms with van der Waals surface area (Å²) in [5.74, 6) is -1.48. The molecule has 1 fully saturated rings. The highest BCUT2D eigenvalue weighted by Crippen LogP contribution is 2.38. The second-order valence-electron chi connectivity index (χ2n) is 4.29. The Morgan fingerprint density at radius 2 is 1.93 bits per heavy atom. The van der Waals surface area contributed by atoms with Crippen LogP contribution >= 0.6 is 0 Å². The third-order valence-electron chi connectivity index (χ3n) is 3.09. The molecule has 1 aromatic rings. The zero-order valence-corrected chi connectivity index (χ0v) is 8.58. The first kappa shape index (κ1) is 10.6. The zero-order valence-electron chi connectivity index (χ0n) is 8.58. The van der Waals surface area contributed by atoms with Crippen molar-refractivity contribution in [2.45, 2.75) is 31.8 Å². The lowest BCUT2D eigenvalue weighted by molar-refractivity contribution is 0.126. The summed E-state index contributed by atoms with van der Waals surface area (Å²) in [5.41, 5.74) is 0.660. The Morgan fingerprint density at radius 3 is 2.47 bits per heavy atom. The van der Waals surface area contributed by atoms with Crippen molar-refractivity contribution in [3.63, 3.8) is 0 Å². The van der Waals surface area contributed by atoms with Crippen molar-refractivity contribution in [1.29, 1.82) is 0 Å². The molecule has 0 amide bonds. The molecule has 2 rings (SSSR count). The standard InChI is InChI=1S/C12H14F2O/c1-7(12(15)8-2-3-8)9-4-5-10(13)11(14)6-9/h4-8,12,15H,2-3H2,1H3. The molecule has 1 aliphatic carbocycles. The van der Waals surface area contributed by atoms with Crippen LogP contribution in [0.25, 0.3) is 0 Å². The highest BCUT2D eigenvalue weighted by molar-refractivity contribution is 5.22. The van der Waals surface area contributed by atoms with Gasteiger partial charge in [-0.1, -0.05) is 13.0 Å². The first-order valence-electron chi connectivity index (χ1n) is 5.22. The second kappa shape index (κ2) is 3.89. The number of benzene rings is 1. The van der Waals surface area contributed by atoms with Gasteiger partial charge in [0.05, 0.1) is 6.10 Å². The van der Waals surface area contributed by atoms with Gasteiger partial charge in [0.1, 0.15) is 0 Å². The summed E-state index contributed by atoms with van der Waals surface area (Å²) >= 11 is 0. The molecule has 0 saturated heterocycles. The quantitative estimate of drug-likeness (QED) is 0.816. The molecule has 2 unspecified atom stereocenters. The minimum absolute atomic E-state index is 0.132. The smallest absolute Gasteiger partial charge is 0.159 e. The largest absolute Gasteiger partial charge is 0.392 e. The molecule has 15 heavy (non-hydrogen) atoms. The van der Waals surface area contributed by atoms with E-state index in [9.17, 15) is 13.9 Å². The van der Waals surface area contributed by atoms with E-state index in [4.69, 9.17) is 0 Å². The van der Waals surface area contributed by atoms with Crippen molar-refractivity contribution in [3.8, 4) is 0 Å². The molecule has 3 heteroatoms. The van der Waals surface area contributed by atoms with Crippen molar-refractivity contribution in [1.82, 2.24) is 0 Å². The molecular weight excluding hydrogens is 198 g/mol. The van der Waals surface area contributed by atoms with E-state index >= 15 is 0 Å². The third-order valence-corrected chi connectivity index (χ3v) is 3.09. The highest BCUT2D eigenvalue weighted by atomic mass is 19.2. The molecular formula is C12H14F2O. The average molecular weight is 212 g/mol. The summed E-state index contributed by atoms with van der Waals surface area (Å²) in [5, 5.41) is 9.85. The van der Waals surface area contributed by atoms with Crippen LogP contribution in [0.2, 0.25) is 0 Å². The SMILES string of the molecule is CC(c1ccc(F)c(F)c1)C(O)C1CC1. The van der Waals surface area contributed by atoms with Gasteiger partial charge in [0, 0.05) is 5.92 Å². The van der Waals surface area contributed by atoms with Gasteiger partial charge in [-0.05, 0) is 36.5 Å². The lowest BCUT2D eigenvalue weighted by Crippen LogP contribution is -2.18. The summed E-state index contributed by atoms with van der Waals surface area (Å²) < 4.78 is 25.7. The normalized spacial score (nSPS) is 20.0. The average Bonchev–Trinajstić information content (AvgIpc) is 3.03. The fourth-order valence-corrected chi connectivity index (χ4v) is 1.84. The molecule has 1 aromatic carbocycles. The lowest BCUT2D eigenvalue weighted by atomic mass is 9.92. The predicted molar refractivity (Wildman–Crippen MR) is 53.5 cm³/mol. The van der Waals surface area contributed by atoms with Crippen molar-refractivity contribution in [2.24, 2.45) is 5.92 Å². The molecule has 0 aromatic heterocycles. The van der Waals surface area contributed by atoms with Crippen LogP contribution in [-0.4, -0.2) is 11.2 Å². The van der Waals surface area contributed by atoms with Crippen LogP contribution in [0.5, 0.6) is 0 Å². The van der Waals surface area contributed by atoms with E-state index in [2.05, 4.69) is 0 Å². The minimum Gasteiger partial charge on any atom is -0.392 e. The van der Waals surface area contributed by atoms with Gasteiger partial charge >= 0.3 is 0 Å². The Hall–Kier alpha value is -0.960. The van der Waals surface area contributed by atoms with Gasteiger partial charge < -0.3 is 5.11 Å². The van der Waals surface area contributed by atoms with Crippen LogP contribution in [0, 0.1) is 17.6 Å². The molecule has 82 valence electrons. The topological polar surface area (TPSA) is 20.2 Å². The van der Waals surface area contributed by atoms with Gasteiger partial charge in [0.25, 0.3) is 0 Å². The van der Waals surface area contributed by atoms with E-state index in [-0.39, 0.29) is 5.92 Å². The maximum atomic E-state index is 13.0. The second-order valence-corrected chi connectivity index (χ2v) is 4.29. The van der Waals surface area contributed by atoms with Crippen molar-refractivity contribution in [2.75, 3.05) is 0 Å². The summed E-state index contributed by atoms with van der Waals surface area (Å²) in [6, 6.07) is 3.82. The lowest BCUT2D eigenvalue weighted by Gasteiger charge is -2.18. The van der Waals surface area contributed by atoms with E-state index in [1.54, 1.807) is 0 Å². The van der Waals surface area contributed by atoms with E-state index in [0.29, 0.717) is 11.5 Å². The maximum absolute atomic E-state index is 13.0. The summed E-state index contributed by atoms with van der Waals surface area (Å²) in [4.78, 5) is 0. The molecule has 0 heterocycles. The van der Waals surface area contributed by atoms with Gasteiger partial charge in [0.15, 0.2) is 11.6 Å². The van der Waals surface area contributed by atoms with Gasteiger partial charge in [-0.2, -0.15) is 0 Å². The van der Waals surface area contributed by atoms with E-state index in [1.807, 2.05) is 6.92 Å². The highest BCUT2D eigenvalue weighted by Gasteiger charge is 2.33. The van der Waals surface area contributed by atoms with Crippen molar-refractivity contribution >= 4 is 0 Å². The molecule has 0 aliphatic heterocycles. The van der Waals surface area contributed by atoms with Crippen LogP contribution in [-0.2, 0) is 0 Å². The molecule has 0 bridgehead atoms. The summed E-state index contributed by atoms with van der Waals surface area (Å²) in [6.45, 7) is 1.84. The number of aliphatic hydroxyl groups is 1. The Bertz CT molecular complexity index is 361. The molecule has 1 saturated carbocycles. The minimum atomic E-state index is -0.845. The molecule has 1 N–H and O–H groups in total. The number of rotatable bonds is 3. The maximum Gasteiger partial charge on any atom is 0.159 e. The third kappa shape index (κ3) is 2.17. The van der Waals surface area contributed by atoms with Crippen molar-refractivity contribution in [3.05, 3.63) is 35.4 Å². The Labute approximate surface area is 87.7 Å². The van der Waals surface area contributed by atoms with E-state index in [0.717, 1.165) is 18.9 Å². The Kier molecular flexibility index (Phi) is 2.74. The molecule has 0 radical (unpaired) electrons. The molecule has 1 nitrogen and oxygen atoms in total. The van der Waals surface area contributed by atoms with Crippen LogP contribution in [0.3, 0.4) is 0 Å². The number of hydrogen-bond acceptors (Lipinski definition) is 1. The first-order chi connectivity index (χ1) is 7.09. The molecule has 1 aliphatic rings. The fourth-order valence-electron chi connectivity index (χ4n) is 1.84. The van der Waals surface area contributed by atoms with Crippen LogP contribution in [0.15, 0.2) is 18.2 Å². The van der Waals surface area contributed by atoms with E-state index in [1.165, 1.54) is 12.1 Å². The monoisotopic (exact) mass is 212 g/mol. The predicted octanol–water partition coefficient (Wildman–Crippen LogP) is 2.84. The summed E-state index contributed by atoms with van der Waals surface area (Å²) in [7, 11) is 0. The fraction of sp³-hybridized carbons (Fsp3) is 0.500. The Balaban J connectivity index is 2.17. The van der Waals surface area contributed by atoms with Gasteiger partial charge in [-0.15, -0.1) is 0 Å². The van der Waals surface area contributed by atoms with Gasteiger partial charge in [-0.3, -0.25) is 0 Å². The number of hydrogen-bond donors (Lipinski definition) is 1. The number of halogens is 2. The Morgan fingerprint density at radius 1 is 1.27 bits per heavy atom. The summed E-state index contributed by atoms with van der Waals surface area (Å²) in [6.07, 6.45) is 1.64. The van der Waals surface area contributed by atoms with Gasteiger partial charge in [-0.25, -0.2) is 8.78 Å². The molecule has 2 atom stereocenters.